The molecule has 0 bridgehead atoms. The van der Waals surface area contributed by atoms with Gasteiger partial charge in [0.2, 0.25) is 0 Å². The summed E-state index contributed by atoms with van der Waals surface area (Å²) < 4.78 is 17.1. The van der Waals surface area contributed by atoms with Crippen LogP contribution in [0.25, 0.3) is 0 Å². The van der Waals surface area contributed by atoms with Crippen LogP contribution in [0.5, 0.6) is 17.2 Å². The predicted molar refractivity (Wildman–Crippen MR) is 115 cm³/mol. The molecule has 1 saturated heterocycles. The van der Waals surface area contributed by atoms with Gasteiger partial charge in [-0.1, -0.05) is 12.1 Å². The van der Waals surface area contributed by atoms with Crippen molar-refractivity contribution in [1.29, 1.82) is 0 Å². The van der Waals surface area contributed by atoms with Crippen LogP contribution >= 0.6 is 0 Å². The third-order valence-corrected chi connectivity index (χ3v) is 5.40. The molecule has 1 unspecified atom stereocenters. The molecule has 6 heteroatoms. The maximum atomic E-state index is 12.9. The van der Waals surface area contributed by atoms with Crippen molar-refractivity contribution in [1.82, 2.24) is 0 Å². The Morgan fingerprint density at radius 2 is 1.80 bits per heavy atom. The Morgan fingerprint density at radius 3 is 2.43 bits per heavy atom. The molecule has 0 radical (unpaired) electrons. The molecule has 1 atom stereocenters. The molecule has 1 aliphatic carbocycles. The Balaban J connectivity index is 1.42. The van der Waals surface area contributed by atoms with Crippen LogP contribution in [-0.4, -0.2) is 43.0 Å². The number of amides is 1. The van der Waals surface area contributed by atoms with Crippen molar-refractivity contribution in [3.05, 3.63) is 48.0 Å². The van der Waals surface area contributed by atoms with Crippen LogP contribution in [0.2, 0.25) is 0 Å². The van der Waals surface area contributed by atoms with Gasteiger partial charge in [-0.2, -0.15) is 0 Å². The Bertz CT molecular complexity index is 899. The van der Waals surface area contributed by atoms with Gasteiger partial charge in [-0.15, -0.1) is 0 Å². The number of carbonyl (C=O) groups excluding carboxylic acids is 1. The largest absolute Gasteiger partial charge is 0.493 e. The summed E-state index contributed by atoms with van der Waals surface area (Å²) in [6.45, 7) is 4.07. The summed E-state index contributed by atoms with van der Waals surface area (Å²) in [4.78, 5) is 14.6. The maximum absolute atomic E-state index is 12.9. The van der Waals surface area contributed by atoms with Gasteiger partial charge in [-0.05, 0) is 62.4 Å². The topological polar surface area (TPSA) is 68.2 Å². The zero-order valence-electron chi connectivity index (χ0n) is 17.8. The summed E-state index contributed by atoms with van der Waals surface area (Å²) in [7, 11) is 1.55. The lowest BCUT2D eigenvalue weighted by molar-refractivity contribution is -0.122. The molecule has 1 N–H and O–H groups in total. The predicted octanol–water partition coefficient (Wildman–Crippen LogP) is 3.91. The van der Waals surface area contributed by atoms with E-state index in [0.717, 1.165) is 11.4 Å². The molecule has 6 nitrogen and oxygen atoms in total. The van der Waals surface area contributed by atoms with E-state index in [0.29, 0.717) is 30.4 Å². The third-order valence-electron chi connectivity index (χ3n) is 5.40. The molecule has 0 spiro atoms. The SMILES string of the molecule is COc1cc(N2CCC(Oc3ccc(C4CC4)cc3)C2=O)ccc1OCC(C)(C)O. The first kappa shape index (κ1) is 20.5. The third kappa shape index (κ3) is 4.70. The highest BCUT2D eigenvalue weighted by atomic mass is 16.5. The number of aliphatic hydroxyl groups is 1. The van der Waals surface area contributed by atoms with E-state index in [9.17, 15) is 9.90 Å². The van der Waals surface area contributed by atoms with Gasteiger partial charge in [0.15, 0.2) is 17.6 Å². The number of hydrogen-bond donors (Lipinski definition) is 1. The minimum atomic E-state index is -0.948. The van der Waals surface area contributed by atoms with Gasteiger partial charge in [-0.3, -0.25) is 4.79 Å². The first-order valence-corrected chi connectivity index (χ1v) is 10.5. The maximum Gasteiger partial charge on any atom is 0.268 e. The zero-order chi connectivity index (χ0) is 21.3. The second-order valence-corrected chi connectivity index (χ2v) is 8.66. The van der Waals surface area contributed by atoms with Crippen molar-refractivity contribution in [3.63, 3.8) is 0 Å². The summed E-state index contributed by atoms with van der Waals surface area (Å²) in [6.07, 6.45) is 2.67. The first-order chi connectivity index (χ1) is 14.3. The van der Waals surface area contributed by atoms with E-state index in [2.05, 4.69) is 12.1 Å². The van der Waals surface area contributed by atoms with Crippen LogP contribution in [0.4, 0.5) is 5.69 Å². The van der Waals surface area contributed by atoms with Crippen molar-refractivity contribution in [3.8, 4) is 17.2 Å². The highest BCUT2D eigenvalue weighted by Crippen LogP contribution is 2.40. The highest BCUT2D eigenvalue weighted by molar-refractivity contribution is 5.99. The molecule has 1 aliphatic heterocycles. The van der Waals surface area contributed by atoms with E-state index in [-0.39, 0.29) is 12.5 Å². The van der Waals surface area contributed by atoms with Crippen LogP contribution in [0.3, 0.4) is 0 Å². The van der Waals surface area contributed by atoms with Gasteiger partial charge in [-0.25, -0.2) is 0 Å². The Morgan fingerprint density at radius 1 is 1.07 bits per heavy atom. The minimum Gasteiger partial charge on any atom is -0.493 e. The lowest BCUT2D eigenvalue weighted by Gasteiger charge is -2.21. The van der Waals surface area contributed by atoms with Gasteiger partial charge >= 0.3 is 0 Å². The molecule has 30 heavy (non-hydrogen) atoms. The fraction of sp³-hybridized carbons (Fsp3) is 0.458. The number of hydrogen-bond acceptors (Lipinski definition) is 5. The summed E-state index contributed by atoms with van der Waals surface area (Å²) in [6, 6.07) is 13.5. The molecule has 2 aromatic carbocycles. The van der Waals surface area contributed by atoms with E-state index in [1.54, 1.807) is 38.0 Å². The summed E-state index contributed by atoms with van der Waals surface area (Å²) in [5, 5.41) is 9.87. The number of ether oxygens (including phenoxy) is 3. The van der Waals surface area contributed by atoms with Crippen molar-refractivity contribution in [2.45, 2.75) is 50.7 Å². The molecular weight excluding hydrogens is 382 g/mol. The standard InChI is InChI=1S/C24H29NO5/c1-24(2,27)15-29-20-11-8-18(14-22(20)28-3)25-13-12-21(23(25)26)30-19-9-6-17(7-10-19)16-4-5-16/h6-11,14,16,21,27H,4-5,12-13,15H2,1-3H3. The van der Waals surface area contributed by atoms with Crippen molar-refractivity contribution in [2.75, 3.05) is 25.2 Å². The lowest BCUT2D eigenvalue weighted by Crippen LogP contribution is -2.32. The Hall–Kier alpha value is -2.73. The number of benzene rings is 2. The van der Waals surface area contributed by atoms with Gasteiger partial charge in [0.1, 0.15) is 12.4 Å². The lowest BCUT2D eigenvalue weighted by atomic mass is 10.1. The van der Waals surface area contributed by atoms with E-state index in [4.69, 9.17) is 14.2 Å². The summed E-state index contributed by atoms with van der Waals surface area (Å²) >= 11 is 0. The number of anilines is 1. The van der Waals surface area contributed by atoms with E-state index in [1.165, 1.54) is 18.4 Å². The van der Waals surface area contributed by atoms with Crippen molar-refractivity contribution in [2.24, 2.45) is 0 Å². The second kappa shape index (κ2) is 8.19. The number of methoxy groups -OCH3 is 1. The Labute approximate surface area is 177 Å². The van der Waals surface area contributed by atoms with Gasteiger partial charge in [0.05, 0.1) is 12.7 Å². The molecule has 160 valence electrons. The fourth-order valence-electron chi connectivity index (χ4n) is 3.62. The molecule has 0 aromatic heterocycles. The number of carbonyl (C=O) groups is 1. The molecule has 4 rings (SSSR count). The van der Waals surface area contributed by atoms with Gasteiger partial charge in [0.25, 0.3) is 5.91 Å². The average Bonchev–Trinajstić information content (AvgIpc) is 3.51. The molecule has 2 fully saturated rings. The highest BCUT2D eigenvalue weighted by Gasteiger charge is 2.35. The molecule has 2 aromatic rings. The smallest absolute Gasteiger partial charge is 0.268 e. The molecule has 1 amide bonds. The fourth-order valence-corrected chi connectivity index (χ4v) is 3.62. The quantitative estimate of drug-likeness (QED) is 0.713. The molecule has 2 aliphatic rings. The number of rotatable bonds is 8. The van der Waals surface area contributed by atoms with Gasteiger partial charge in [0, 0.05) is 24.7 Å². The van der Waals surface area contributed by atoms with Crippen LogP contribution < -0.4 is 19.1 Å². The zero-order valence-corrected chi connectivity index (χ0v) is 17.8. The first-order valence-electron chi connectivity index (χ1n) is 10.5. The van der Waals surface area contributed by atoms with Crippen LogP contribution in [-0.2, 0) is 4.79 Å². The van der Waals surface area contributed by atoms with Crippen LogP contribution in [0, 0.1) is 0 Å². The second-order valence-electron chi connectivity index (χ2n) is 8.66. The molecular formula is C24H29NO5. The van der Waals surface area contributed by atoms with Crippen molar-refractivity contribution >= 4 is 11.6 Å². The van der Waals surface area contributed by atoms with E-state index >= 15 is 0 Å². The molecule has 1 heterocycles. The van der Waals surface area contributed by atoms with Crippen LogP contribution in [0.1, 0.15) is 44.6 Å². The van der Waals surface area contributed by atoms with Crippen molar-refractivity contribution < 1.29 is 24.1 Å². The van der Waals surface area contributed by atoms with Crippen LogP contribution in [0.15, 0.2) is 42.5 Å². The summed E-state index contributed by atoms with van der Waals surface area (Å²) in [5.41, 5.74) is 1.14. The van der Waals surface area contributed by atoms with E-state index in [1.807, 2.05) is 18.2 Å². The minimum absolute atomic E-state index is 0.0616. The monoisotopic (exact) mass is 411 g/mol. The summed E-state index contributed by atoms with van der Waals surface area (Å²) in [5.74, 6) is 2.41. The normalized spacial score (nSPS) is 19.1. The number of nitrogens with zero attached hydrogens (tertiary/aromatic N) is 1. The van der Waals surface area contributed by atoms with E-state index < -0.39 is 11.7 Å². The average molecular weight is 411 g/mol. The van der Waals surface area contributed by atoms with Gasteiger partial charge < -0.3 is 24.2 Å². The molecule has 1 saturated carbocycles. The Kier molecular flexibility index (Phi) is 5.60.